The fourth-order valence-corrected chi connectivity index (χ4v) is 8.42. The molecule has 6 rings (SSSR count). The average molecular weight is 954 g/mol. The Morgan fingerprint density at radius 3 is 1.42 bits per heavy atom. The number of carbonyl (C=O) groups excluding carboxylic acids is 2. The Kier molecular flexibility index (Phi) is 16.6. The zero-order valence-electron chi connectivity index (χ0n) is 36.2. The number of benzene rings is 4. The van der Waals surface area contributed by atoms with E-state index < -0.39 is 26.1 Å². The SMILES string of the molecule is C#CC(=O)Nc1ccc(OC)c(Nc2ncc(Cl)c(Nc3ccccc3P(C)(C)=O)n2)c1.CC#CC(=O)Nc1ccc(OC)c(Nc2ncc(Cl)c(Nc3ccccc3P(C)(C)=O)n2)c1. The van der Waals surface area contributed by atoms with Crippen molar-refractivity contribution in [1.82, 2.24) is 19.9 Å². The van der Waals surface area contributed by atoms with Gasteiger partial charge in [-0.2, -0.15) is 9.97 Å². The van der Waals surface area contributed by atoms with E-state index in [0.717, 1.165) is 0 Å². The van der Waals surface area contributed by atoms with Crippen LogP contribution in [0.3, 0.4) is 0 Å². The van der Waals surface area contributed by atoms with Gasteiger partial charge in [0.1, 0.15) is 35.8 Å². The van der Waals surface area contributed by atoms with Crippen molar-refractivity contribution in [3.63, 3.8) is 0 Å². The maximum absolute atomic E-state index is 12.7. The summed E-state index contributed by atoms with van der Waals surface area (Å²) in [6, 6.07) is 24.6. The van der Waals surface area contributed by atoms with Crippen LogP contribution in [0.15, 0.2) is 97.3 Å². The van der Waals surface area contributed by atoms with Crippen LogP contribution in [0.2, 0.25) is 10.0 Å². The summed E-state index contributed by atoms with van der Waals surface area (Å²) in [7, 11) is -2.02. The Labute approximate surface area is 386 Å². The van der Waals surface area contributed by atoms with Gasteiger partial charge in [0.2, 0.25) is 11.9 Å². The van der Waals surface area contributed by atoms with E-state index >= 15 is 0 Å². The van der Waals surface area contributed by atoms with Crippen molar-refractivity contribution in [2.75, 3.05) is 72.8 Å². The van der Waals surface area contributed by atoms with Crippen LogP contribution < -0.4 is 52.0 Å². The molecule has 0 spiro atoms. The summed E-state index contributed by atoms with van der Waals surface area (Å²) in [5.74, 6) is 8.14. The van der Waals surface area contributed by atoms with Gasteiger partial charge in [0, 0.05) is 22.0 Å². The lowest BCUT2D eigenvalue weighted by Crippen LogP contribution is -2.11. The van der Waals surface area contributed by atoms with Crippen molar-refractivity contribution >= 4 is 118 Å². The highest BCUT2D eigenvalue weighted by Gasteiger charge is 2.19. The van der Waals surface area contributed by atoms with Gasteiger partial charge in [-0.1, -0.05) is 53.4 Å². The van der Waals surface area contributed by atoms with Crippen LogP contribution in [0.25, 0.3) is 0 Å². The first-order valence-electron chi connectivity index (χ1n) is 19.2. The molecule has 0 fully saturated rings. The molecule has 2 amide bonds. The topological polar surface area (TPSA) is 210 Å². The molecule has 0 unspecified atom stereocenters. The Morgan fingerprint density at radius 2 is 1.03 bits per heavy atom. The van der Waals surface area contributed by atoms with E-state index in [0.29, 0.717) is 72.9 Å². The summed E-state index contributed by atoms with van der Waals surface area (Å²) in [6.45, 7) is 8.38. The van der Waals surface area contributed by atoms with Crippen LogP contribution in [-0.2, 0) is 18.7 Å². The minimum absolute atomic E-state index is 0.226. The monoisotopic (exact) mass is 952 g/mol. The highest BCUT2D eigenvalue weighted by Crippen LogP contribution is 2.40. The summed E-state index contributed by atoms with van der Waals surface area (Å²) in [5.41, 5.74) is 3.32. The van der Waals surface area contributed by atoms with Crippen molar-refractivity contribution in [3.8, 4) is 35.7 Å². The fraction of sp³-hybridized carbons (Fsp3) is 0.156. The molecule has 0 atom stereocenters. The predicted octanol–water partition coefficient (Wildman–Crippen LogP) is 9.28. The molecule has 65 heavy (non-hydrogen) atoms. The van der Waals surface area contributed by atoms with Crippen molar-refractivity contribution in [2.24, 2.45) is 0 Å². The van der Waals surface area contributed by atoms with Crippen LogP contribution >= 0.6 is 37.5 Å². The normalized spacial score (nSPS) is 10.6. The lowest BCUT2D eigenvalue weighted by molar-refractivity contribution is -0.112. The number of hydrogen-bond acceptors (Lipinski definition) is 14. The number of ether oxygens (including phenoxy) is 2. The highest BCUT2D eigenvalue weighted by molar-refractivity contribution is 7.70. The van der Waals surface area contributed by atoms with E-state index in [-0.39, 0.29) is 16.9 Å². The summed E-state index contributed by atoms with van der Waals surface area (Å²) in [5, 5.41) is 19.6. The van der Waals surface area contributed by atoms with Crippen molar-refractivity contribution in [2.45, 2.75) is 6.92 Å². The molecule has 0 saturated heterocycles. The third-order valence-corrected chi connectivity index (χ3v) is 12.4. The number of amides is 2. The molecule has 0 aliphatic heterocycles. The number of hydrogen-bond donors (Lipinski definition) is 6. The molecular formula is C45H44Cl2N10O6P2. The van der Waals surface area contributed by atoms with Crippen LogP contribution in [0.5, 0.6) is 11.5 Å². The number of aromatic nitrogens is 4. The van der Waals surface area contributed by atoms with Crippen LogP contribution in [0.1, 0.15) is 6.92 Å². The number of carbonyl (C=O) groups is 2. The van der Waals surface area contributed by atoms with E-state index in [1.54, 1.807) is 82.1 Å². The van der Waals surface area contributed by atoms with Gasteiger partial charge >= 0.3 is 0 Å². The van der Waals surface area contributed by atoms with Crippen LogP contribution in [0.4, 0.5) is 57.7 Å². The molecule has 2 aromatic heterocycles. The molecule has 0 aliphatic carbocycles. The number of rotatable bonds is 14. The highest BCUT2D eigenvalue weighted by atomic mass is 35.5. The van der Waals surface area contributed by atoms with Gasteiger partial charge < -0.3 is 50.5 Å². The molecule has 0 aliphatic rings. The molecule has 6 N–H and O–H groups in total. The summed E-state index contributed by atoms with van der Waals surface area (Å²) in [6.07, 6.45) is 8.00. The maximum atomic E-state index is 12.7. The third-order valence-electron chi connectivity index (χ3n) is 8.74. The van der Waals surface area contributed by atoms with Gasteiger partial charge in [-0.15, -0.1) is 6.42 Å². The second-order valence-electron chi connectivity index (χ2n) is 14.3. The number of nitrogens with zero attached hydrogens (tertiary/aromatic N) is 4. The van der Waals surface area contributed by atoms with Gasteiger partial charge in [-0.3, -0.25) is 9.59 Å². The first-order valence-corrected chi connectivity index (χ1v) is 25.2. The second kappa shape index (κ2) is 22.0. The molecule has 334 valence electrons. The van der Waals surface area contributed by atoms with Crippen molar-refractivity contribution in [3.05, 3.63) is 107 Å². The van der Waals surface area contributed by atoms with Crippen molar-refractivity contribution < 1.29 is 28.2 Å². The predicted molar refractivity (Wildman–Crippen MR) is 264 cm³/mol. The standard InChI is InChI=1S/C23H23ClN5O3P.C22H21ClN5O3P/c1-5-8-21(30)26-15-11-12-19(32-2)18(13-15)28-23-25-14-16(24)22(29-23)27-17-9-6-7-10-20(17)33(3,4)31;1-5-20(29)25-14-10-11-18(31-2)17(12-14)27-22-24-13-15(23)21(28-22)26-16-8-6-7-9-19(16)32(3,4)30/h6-7,9-14H,1-4H3,(H,26,30)(H2,25,27,28,29);1,6-13H,2-4H3,(H,25,29)(H2,24,26,27,28). The Hall–Kier alpha value is -7.06. The van der Waals surface area contributed by atoms with Gasteiger partial charge in [-0.25, -0.2) is 9.97 Å². The van der Waals surface area contributed by atoms with Crippen LogP contribution in [-0.4, -0.2) is 72.6 Å². The number of halogens is 2. The average Bonchev–Trinajstić information content (AvgIpc) is 3.26. The molecule has 0 saturated carbocycles. The van der Waals surface area contributed by atoms with E-state index in [1.807, 2.05) is 42.3 Å². The largest absolute Gasteiger partial charge is 0.495 e. The second-order valence-corrected chi connectivity index (χ2v) is 21.5. The summed E-state index contributed by atoms with van der Waals surface area (Å²) >= 11 is 12.6. The van der Waals surface area contributed by atoms with Gasteiger partial charge in [-0.05, 0) is 106 Å². The zero-order valence-corrected chi connectivity index (χ0v) is 39.5. The number of terminal acetylenes is 1. The molecule has 16 nitrogen and oxygen atoms in total. The number of methoxy groups -OCH3 is 2. The Bertz CT molecular complexity index is 2940. The lowest BCUT2D eigenvalue weighted by Gasteiger charge is -2.16. The first kappa shape index (κ1) is 49.0. The van der Waals surface area contributed by atoms with E-state index in [9.17, 15) is 18.7 Å². The first-order chi connectivity index (χ1) is 30.9. The molecule has 20 heteroatoms. The minimum atomic E-state index is -2.53. The lowest BCUT2D eigenvalue weighted by atomic mass is 10.2. The van der Waals surface area contributed by atoms with Gasteiger partial charge in [0.05, 0.1) is 49.4 Å². The summed E-state index contributed by atoms with van der Waals surface area (Å²) < 4.78 is 36.1. The quantitative estimate of drug-likeness (QED) is 0.0444. The molecule has 4 aromatic carbocycles. The van der Waals surface area contributed by atoms with Crippen LogP contribution in [0, 0.1) is 24.2 Å². The van der Waals surface area contributed by atoms with E-state index in [4.69, 9.17) is 39.1 Å². The van der Waals surface area contributed by atoms with E-state index in [1.165, 1.54) is 26.6 Å². The molecule has 2 heterocycles. The third kappa shape index (κ3) is 13.7. The van der Waals surface area contributed by atoms with E-state index in [2.05, 4.69) is 63.7 Å². The fourth-order valence-electron chi connectivity index (χ4n) is 5.83. The summed E-state index contributed by atoms with van der Waals surface area (Å²) in [4.78, 5) is 40.6. The van der Waals surface area contributed by atoms with Gasteiger partial charge in [0.25, 0.3) is 11.8 Å². The molecule has 6 aromatic rings. The molecule has 0 radical (unpaired) electrons. The maximum Gasteiger partial charge on any atom is 0.300 e. The Balaban J connectivity index is 0.000000244. The number of nitrogens with one attached hydrogen (secondary N) is 6. The van der Waals surface area contributed by atoms with Crippen molar-refractivity contribution in [1.29, 1.82) is 0 Å². The number of para-hydroxylation sites is 2. The molecule has 0 bridgehead atoms. The number of anilines is 10. The Morgan fingerprint density at radius 1 is 0.615 bits per heavy atom. The van der Waals surface area contributed by atoms with Gasteiger partial charge in [0.15, 0.2) is 11.6 Å². The zero-order chi connectivity index (χ0) is 47.3. The smallest absolute Gasteiger partial charge is 0.300 e. The minimum Gasteiger partial charge on any atom is -0.495 e. The molecular weight excluding hydrogens is 909 g/mol.